The van der Waals surface area contributed by atoms with E-state index in [-0.39, 0.29) is 24.4 Å². The molecule has 0 heterocycles. The summed E-state index contributed by atoms with van der Waals surface area (Å²) >= 11 is 0. The van der Waals surface area contributed by atoms with E-state index in [0.29, 0.717) is 6.54 Å². The molecule has 0 aromatic rings. The minimum Gasteiger partial charge on any atom is -0.481 e. The molecule has 5 heteroatoms. The lowest BCUT2D eigenvalue weighted by Crippen LogP contribution is -2.42. The summed E-state index contributed by atoms with van der Waals surface area (Å²) in [5.74, 6) is -0.882. The molecule has 1 aliphatic carbocycles. The Kier molecular flexibility index (Phi) is 4.78. The zero-order valence-electron chi connectivity index (χ0n) is 10.7. The average Bonchev–Trinajstić information content (AvgIpc) is 2.70. The maximum absolute atomic E-state index is 11.7. The molecule has 0 aromatic heterocycles. The molecule has 0 aromatic carbocycles. The van der Waals surface area contributed by atoms with E-state index in [1.807, 2.05) is 0 Å². The van der Waals surface area contributed by atoms with Gasteiger partial charge in [-0.2, -0.15) is 0 Å². The standard InChI is InChI=1S/C12H22N2O3/c1-12(6-3-4-7-12)9-13-11(17)14(2)8-5-10(15)16/h3-9H2,1-2H3,(H,13,17)(H,15,16). The molecule has 0 saturated heterocycles. The molecule has 1 aliphatic rings. The monoisotopic (exact) mass is 242 g/mol. The zero-order valence-corrected chi connectivity index (χ0v) is 10.7. The number of rotatable bonds is 5. The highest BCUT2D eigenvalue weighted by Crippen LogP contribution is 2.36. The van der Waals surface area contributed by atoms with Crippen molar-refractivity contribution in [2.45, 2.75) is 39.0 Å². The number of amides is 2. The Balaban J connectivity index is 2.26. The molecular weight excluding hydrogens is 220 g/mol. The number of carboxylic acid groups (broad SMARTS) is 1. The molecule has 2 amide bonds. The van der Waals surface area contributed by atoms with E-state index in [1.54, 1.807) is 7.05 Å². The molecular formula is C12H22N2O3. The van der Waals surface area contributed by atoms with Crippen LogP contribution < -0.4 is 5.32 Å². The Labute approximate surface area is 102 Å². The van der Waals surface area contributed by atoms with Crippen LogP contribution >= 0.6 is 0 Å². The van der Waals surface area contributed by atoms with Crippen molar-refractivity contribution >= 4 is 12.0 Å². The second kappa shape index (κ2) is 5.89. The largest absolute Gasteiger partial charge is 0.481 e. The van der Waals surface area contributed by atoms with Crippen molar-refractivity contribution in [2.75, 3.05) is 20.1 Å². The fourth-order valence-electron chi connectivity index (χ4n) is 2.19. The molecule has 0 spiro atoms. The molecule has 0 unspecified atom stereocenters. The number of hydrogen-bond donors (Lipinski definition) is 2. The highest BCUT2D eigenvalue weighted by atomic mass is 16.4. The van der Waals surface area contributed by atoms with Gasteiger partial charge in [-0.3, -0.25) is 4.79 Å². The maximum Gasteiger partial charge on any atom is 0.317 e. The molecule has 0 bridgehead atoms. The lowest BCUT2D eigenvalue weighted by molar-refractivity contribution is -0.137. The summed E-state index contributed by atoms with van der Waals surface area (Å²) in [6.45, 7) is 3.12. The van der Waals surface area contributed by atoms with Crippen LogP contribution in [0.5, 0.6) is 0 Å². The first-order chi connectivity index (χ1) is 7.93. The van der Waals surface area contributed by atoms with E-state index in [4.69, 9.17) is 5.11 Å². The third-order valence-electron chi connectivity index (χ3n) is 3.48. The van der Waals surface area contributed by atoms with Gasteiger partial charge in [0.1, 0.15) is 0 Å². The Morgan fingerprint density at radius 1 is 1.35 bits per heavy atom. The molecule has 0 radical (unpaired) electrons. The van der Waals surface area contributed by atoms with Crippen LogP contribution in [0.1, 0.15) is 39.0 Å². The van der Waals surface area contributed by atoms with Gasteiger partial charge in [0.15, 0.2) is 0 Å². The molecule has 1 rings (SSSR count). The second-order valence-corrected chi connectivity index (χ2v) is 5.24. The van der Waals surface area contributed by atoms with Crippen LogP contribution in [-0.2, 0) is 4.79 Å². The smallest absolute Gasteiger partial charge is 0.317 e. The summed E-state index contributed by atoms with van der Waals surface area (Å²) in [5, 5.41) is 11.4. The van der Waals surface area contributed by atoms with E-state index in [2.05, 4.69) is 12.2 Å². The molecule has 1 saturated carbocycles. The minimum absolute atomic E-state index is 0.0127. The van der Waals surface area contributed by atoms with Gasteiger partial charge in [-0.15, -0.1) is 0 Å². The molecule has 0 aliphatic heterocycles. The number of carbonyl (C=O) groups is 2. The van der Waals surface area contributed by atoms with Crippen molar-refractivity contribution in [3.05, 3.63) is 0 Å². The van der Waals surface area contributed by atoms with Gasteiger partial charge in [0, 0.05) is 20.1 Å². The highest BCUT2D eigenvalue weighted by Gasteiger charge is 2.29. The number of carboxylic acids is 1. The third kappa shape index (κ3) is 4.63. The Morgan fingerprint density at radius 2 is 1.94 bits per heavy atom. The molecule has 98 valence electrons. The summed E-state index contributed by atoms with van der Waals surface area (Å²) in [6, 6.07) is -0.181. The molecule has 5 nitrogen and oxygen atoms in total. The molecule has 2 N–H and O–H groups in total. The Bertz CT molecular complexity index is 285. The van der Waals surface area contributed by atoms with Crippen LogP contribution in [0.25, 0.3) is 0 Å². The van der Waals surface area contributed by atoms with Crippen LogP contribution in [0.4, 0.5) is 4.79 Å². The van der Waals surface area contributed by atoms with Crippen molar-refractivity contribution in [3.8, 4) is 0 Å². The van der Waals surface area contributed by atoms with Crippen LogP contribution in [0.15, 0.2) is 0 Å². The van der Waals surface area contributed by atoms with Crippen LogP contribution in [0.2, 0.25) is 0 Å². The first-order valence-corrected chi connectivity index (χ1v) is 6.14. The quantitative estimate of drug-likeness (QED) is 0.770. The average molecular weight is 242 g/mol. The highest BCUT2D eigenvalue weighted by molar-refractivity contribution is 5.75. The maximum atomic E-state index is 11.7. The number of carbonyl (C=O) groups excluding carboxylic acids is 1. The van der Waals surface area contributed by atoms with Crippen molar-refractivity contribution in [3.63, 3.8) is 0 Å². The lowest BCUT2D eigenvalue weighted by Gasteiger charge is -2.25. The predicted molar refractivity (Wildman–Crippen MR) is 64.9 cm³/mol. The summed E-state index contributed by atoms with van der Waals surface area (Å²) < 4.78 is 0. The van der Waals surface area contributed by atoms with Crippen molar-refractivity contribution in [1.29, 1.82) is 0 Å². The SMILES string of the molecule is CN(CCC(=O)O)C(=O)NCC1(C)CCCC1. The van der Waals surface area contributed by atoms with E-state index in [1.165, 1.54) is 17.7 Å². The summed E-state index contributed by atoms with van der Waals surface area (Å²) in [5.41, 5.74) is 0.225. The molecule has 0 atom stereocenters. The van der Waals surface area contributed by atoms with E-state index in [9.17, 15) is 9.59 Å². The van der Waals surface area contributed by atoms with Gasteiger partial charge in [-0.25, -0.2) is 4.79 Å². The fraction of sp³-hybridized carbons (Fsp3) is 0.833. The summed E-state index contributed by atoms with van der Waals surface area (Å²) in [6.07, 6.45) is 4.78. The lowest BCUT2D eigenvalue weighted by atomic mass is 9.89. The van der Waals surface area contributed by atoms with Gasteiger partial charge in [0.25, 0.3) is 0 Å². The van der Waals surface area contributed by atoms with Crippen molar-refractivity contribution < 1.29 is 14.7 Å². The Morgan fingerprint density at radius 3 is 2.47 bits per heavy atom. The van der Waals surface area contributed by atoms with Gasteiger partial charge in [-0.1, -0.05) is 19.8 Å². The number of hydrogen-bond acceptors (Lipinski definition) is 2. The first-order valence-electron chi connectivity index (χ1n) is 6.14. The Hall–Kier alpha value is -1.26. The van der Waals surface area contributed by atoms with E-state index in [0.717, 1.165) is 12.8 Å². The third-order valence-corrected chi connectivity index (χ3v) is 3.48. The minimum atomic E-state index is -0.882. The zero-order chi connectivity index (χ0) is 12.9. The first kappa shape index (κ1) is 13.8. The van der Waals surface area contributed by atoms with Gasteiger partial charge in [0.2, 0.25) is 0 Å². The van der Waals surface area contributed by atoms with Crippen LogP contribution in [0, 0.1) is 5.41 Å². The van der Waals surface area contributed by atoms with E-state index >= 15 is 0 Å². The van der Waals surface area contributed by atoms with Crippen LogP contribution in [-0.4, -0.2) is 42.1 Å². The molecule has 1 fully saturated rings. The van der Waals surface area contributed by atoms with Gasteiger partial charge in [0.05, 0.1) is 6.42 Å². The predicted octanol–water partition coefficient (Wildman–Crippen LogP) is 1.68. The molecule has 17 heavy (non-hydrogen) atoms. The van der Waals surface area contributed by atoms with Crippen LogP contribution in [0.3, 0.4) is 0 Å². The number of nitrogens with zero attached hydrogens (tertiary/aromatic N) is 1. The van der Waals surface area contributed by atoms with Gasteiger partial charge >= 0.3 is 12.0 Å². The summed E-state index contributed by atoms with van der Waals surface area (Å²) in [7, 11) is 1.62. The number of nitrogens with one attached hydrogen (secondary N) is 1. The normalized spacial score (nSPS) is 17.8. The number of urea groups is 1. The van der Waals surface area contributed by atoms with Gasteiger partial charge < -0.3 is 15.3 Å². The second-order valence-electron chi connectivity index (χ2n) is 5.24. The topological polar surface area (TPSA) is 69.6 Å². The number of aliphatic carboxylic acids is 1. The van der Waals surface area contributed by atoms with E-state index < -0.39 is 5.97 Å². The van der Waals surface area contributed by atoms with Crippen molar-refractivity contribution in [2.24, 2.45) is 5.41 Å². The van der Waals surface area contributed by atoms with Gasteiger partial charge in [-0.05, 0) is 18.3 Å². The fourth-order valence-corrected chi connectivity index (χ4v) is 2.19. The van der Waals surface area contributed by atoms with Crippen molar-refractivity contribution in [1.82, 2.24) is 10.2 Å². The summed E-state index contributed by atoms with van der Waals surface area (Å²) in [4.78, 5) is 23.5.